The van der Waals surface area contributed by atoms with E-state index >= 15 is 0 Å². The van der Waals surface area contributed by atoms with Crippen molar-refractivity contribution in [3.05, 3.63) is 41.1 Å². The zero-order valence-corrected chi connectivity index (χ0v) is 11.1. The van der Waals surface area contributed by atoms with Crippen molar-refractivity contribution in [3.8, 4) is 0 Å². The third-order valence-corrected chi connectivity index (χ3v) is 2.54. The first-order valence-electron chi connectivity index (χ1n) is 5.90. The van der Waals surface area contributed by atoms with Gasteiger partial charge in [0.2, 0.25) is 0 Å². The summed E-state index contributed by atoms with van der Waals surface area (Å²) in [5.41, 5.74) is 15.3. The van der Waals surface area contributed by atoms with E-state index in [2.05, 4.69) is 9.98 Å². The average molecular weight is 244 g/mol. The molecule has 4 nitrogen and oxygen atoms in total. The minimum atomic E-state index is 0.392. The van der Waals surface area contributed by atoms with E-state index in [1.54, 1.807) is 13.3 Å². The number of nitrogens with zero attached hydrogens (tertiary/aromatic N) is 2. The number of rotatable bonds is 4. The quantitative estimate of drug-likeness (QED) is 0.629. The van der Waals surface area contributed by atoms with Crippen LogP contribution in [0.25, 0.3) is 0 Å². The Balaban J connectivity index is 3.10. The van der Waals surface area contributed by atoms with E-state index in [1.807, 2.05) is 38.1 Å². The summed E-state index contributed by atoms with van der Waals surface area (Å²) in [6.45, 7) is 4.00. The number of nitrogens with two attached hydrogens (primary N) is 2. The number of hydrogen-bond donors (Lipinski definition) is 2. The highest BCUT2D eigenvalue weighted by Gasteiger charge is 2.05. The highest BCUT2D eigenvalue weighted by atomic mass is 14.9. The molecule has 0 bridgehead atoms. The van der Waals surface area contributed by atoms with Crippen LogP contribution >= 0.6 is 0 Å². The Morgan fingerprint density at radius 3 is 2.33 bits per heavy atom. The fourth-order valence-corrected chi connectivity index (χ4v) is 1.45. The third kappa shape index (κ3) is 3.73. The van der Waals surface area contributed by atoms with Crippen molar-refractivity contribution in [1.29, 1.82) is 0 Å². The largest absolute Gasteiger partial charge is 0.401 e. The van der Waals surface area contributed by atoms with Gasteiger partial charge >= 0.3 is 0 Å². The smallest absolute Gasteiger partial charge is 0.134 e. The lowest BCUT2D eigenvalue weighted by molar-refractivity contribution is 1.06. The van der Waals surface area contributed by atoms with Crippen molar-refractivity contribution in [2.75, 3.05) is 7.05 Å². The van der Waals surface area contributed by atoms with Crippen molar-refractivity contribution in [2.45, 2.75) is 20.3 Å². The zero-order valence-electron chi connectivity index (χ0n) is 11.1. The van der Waals surface area contributed by atoms with Crippen LogP contribution in [0.1, 0.15) is 18.9 Å². The molecule has 0 aliphatic heterocycles. The van der Waals surface area contributed by atoms with Crippen molar-refractivity contribution in [3.63, 3.8) is 0 Å². The molecule has 0 amide bonds. The fourth-order valence-electron chi connectivity index (χ4n) is 1.45. The average Bonchev–Trinajstić information content (AvgIpc) is 2.37. The van der Waals surface area contributed by atoms with E-state index in [1.165, 1.54) is 5.56 Å². The Morgan fingerprint density at radius 2 is 1.83 bits per heavy atom. The van der Waals surface area contributed by atoms with Crippen LogP contribution in [-0.2, 0) is 0 Å². The third-order valence-electron chi connectivity index (χ3n) is 2.54. The summed E-state index contributed by atoms with van der Waals surface area (Å²) in [6, 6.07) is 7.83. The molecule has 1 aromatic rings. The van der Waals surface area contributed by atoms with Gasteiger partial charge in [-0.25, -0.2) is 4.99 Å². The lowest BCUT2D eigenvalue weighted by atomic mass is 10.1. The van der Waals surface area contributed by atoms with Crippen LogP contribution in [0.4, 0.5) is 5.69 Å². The Kier molecular flexibility index (Phi) is 5.11. The first kappa shape index (κ1) is 14.0. The summed E-state index contributed by atoms with van der Waals surface area (Å²) < 4.78 is 0. The second-order valence-corrected chi connectivity index (χ2v) is 4.01. The number of allylic oxidation sites excluding steroid dienone is 1. The number of aryl methyl sites for hydroxylation is 1. The SMILES string of the molecule is CC/C(N)=C(/C=NC)C(N)=Nc1ccc(C)cc1. The van der Waals surface area contributed by atoms with Gasteiger partial charge < -0.3 is 11.5 Å². The van der Waals surface area contributed by atoms with Crippen LogP contribution in [0.2, 0.25) is 0 Å². The molecule has 0 spiro atoms. The highest BCUT2D eigenvalue weighted by molar-refractivity contribution is 6.15. The van der Waals surface area contributed by atoms with Crippen LogP contribution in [-0.4, -0.2) is 19.1 Å². The van der Waals surface area contributed by atoms with Gasteiger partial charge in [0.25, 0.3) is 0 Å². The minimum absolute atomic E-state index is 0.392. The Hall–Kier alpha value is -2.10. The van der Waals surface area contributed by atoms with E-state index in [9.17, 15) is 0 Å². The van der Waals surface area contributed by atoms with Gasteiger partial charge in [0, 0.05) is 19.0 Å². The van der Waals surface area contributed by atoms with Crippen LogP contribution < -0.4 is 11.5 Å². The van der Waals surface area contributed by atoms with Gasteiger partial charge in [-0.05, 0) is 25.5 Å². The van der Waals surface area contributed by atoms with Crippen LogP contribution in [0.3, 0.4) is 0 Å². The van der Waals surface area contributed by atoms with Crippen molar-refractivity contribution in [2.24, 2.45) is 21.5 Å². The first-order valence-corrected chi connectivity index (χ1v) is 5.90. The molecule has 0 fully saturated rings. The maximum Gasteiger partial charge on any atom is 0.134 e. The lowest BCUT2D eigenvalue weighted by Gasteiger charge is -2.06. The van der Waals surface area contributed by atoms with E-state index in [4.69, 9.17) is 11.5 Å². The van der Waals surface area contributed by atoms with E-state index < -0.39 is 0 Å². The van der Waals surface area contributed by atoms with Crippen LogP contribution in [0.15, 0.2) is 45.5 Å². The van der Waals surface area contributed by atoms with E-state index in [-0.39, 0.29) is 0 Å². The predicted octanol–water partition coefficient (Wildman–Crippen LogP) is 2.31. The molecule has 0 radical (unpaired) electrons. The Bertz CT molecular complexity index is 481. The molecule has 0 heterocycles. The van der Waals surface area contributed by atoms with Crippen molar-refractivity contribution >= 4 is 17.7 Å². The van der Waals surface area contributed by atoms with Crippen LogP contribution in [0.5, 0.6) is 0 Å². The van der Waals surface area contributed by atoms with Crippen molar-refractivity contribution in [1.82, 2.24) is 0 Å². The van der Waals surface area contributed by atoms with Gasteiger partial charge in [0.05, 0.1) is 11.3 Å². The predicted molar refractivity (Wildman–Crippen MR) is 78.4 cm³/mol. The first-order chi connectivity index (χ1) is 8.58. The molecule has 96 valence electrons. The summed E-state index contributed by atoms with van der Waals surface area (Å²) in [4.78, 5) is 8.31. The molecule has 0 atom stereocenters. The number of benzene rings is 1. The zero-order chi connectivity index (χ0) is 13.5. The summed E-state index contributed by atoms with van der Waals surface area (Å²) in [7, 11) is 1.68. The molecule has 0 unspecified atom stereocenters. The highest BCUT2D eigenvalue weighted by Crippen LogP contribution is 2.14. The molecular weight excluding hydrogens is 224 g/mol. The second-order valence-electron chi connectivity index (χ2n) is 4.01. The normalized spacial score (nSPS) is 13.8. The molecule has 0 aliphatic rings. The van der Waals surface area contributed by atoms with E-state index in [0.717, 1.165) is 5.69 Å². The number of hydrogen-bond acceptors (Lipinski definition) is 3. The number of amidine groups is 1. The fraction of sp³-hybridized carbons (Fsp3) is 0.286. The van der Waals surface area contributed by atoms with Gasteiger partial charge in [-0.2, -0.15) is 0 Å². The van der Waals surface area contributed by atoms with Crippen molar-refractivity contribution < 1.29 is 0 Å². The Morgan fingerprint density at radius 1 is 1.22 bits per heavy atom. The molecule has 4 heteroatoms. The summed E-state index contributed by atoms with van der Waals surface area (Å²) >= 11 is 0. The monoisotopic (exact) mass is 244 g/mol. The van der Waals surface area contributed by atoms with Gasteiger partial charge in [0.15, 0.2) is 0 Å². The molecule has 1 rings (SSSR count). The lowest BCUT2D eigenvalue weighted by Crippen LogP contribution is -2.20. The maximum absolute atomic E-state index is 5.97. The summed E-state index contributed by atoms with van der Waals surface area (Å²) in [6.07, 6.45) is 2.36. The van der Waals surface area contributed by atoms with E-state index in [0.29, 0.717) is 23.5 Å². The van der Waals surface area contributed by atoms with Gasteiger partial charge in [0.1, 0.15) is 5.84 Å². The maximum atomic E-state index is 5.97. The molecule has 0 saturated carbocycles. The molecule has 1 aromatic carbocycles. The summed E-state index contributed by atoms with van der Waals surface area (Å²) in [5.74, 6) is 0.392. The van der Waals surface area contributed by atoms with Crippen LogP contribution in [0, 0.1) is 6.92 Å². The standard InChI is InChI=1S/C14H20N4/c1-4-13(15)12(9-17-3)14(16)18-11-7-5-10(2)6-8-11/h5-9H,4,15H2,1-3H3,(H2,16,18)/b13-12+,17-9?. The minimum Gasteiger partial charge on any atom is -0.401 e. The molecule has 0 aliphatic carbocycles. The molecular formula is C14H20N4. The number of aliphatic imine (C=N–C) groups is 2. The van der Waals surface area contributed by atoms with Gasteiger partial charge in [-0.1, -0.05) is 24.6 Å². The molecule has 4 N–H and O–H groups in total. The second kappa shape index (κ2) is 6.59. The Labute approximate surface area is 108 Å². The van der Waals surface area contributed by atoms with Gasteiger partial charge in [-0.15, -0.1) is 0 Å². The molecule has 0 saturated heterocycles. The molecule has 18 heavy (non-hydrogen) atoms. The topological polar surface area (TPSA) is 76.8 Å². The molecule has 0 aromatic heterocycles. The summed E-state index contributed by atoms with van der Waals surface area (Å²) in [5, 5.41) is 0. The van der Waals surface area contributed by atoms with Gasteiger partial charge in [-0.3, -0.25) is 4.99 Å².